The number of carbonyl (C=O) groups is 1. The number of amides is 1. The maximum Gasteiger partial charge on any atom is 0.419 e. The fourth-order valence-electron chi connectivity index (χ4n) is 4.66. The van der Waals surface area contributed by atoms with E-state index in [1.54, 1.807) is 18.2 Å². The molecule has 8 heteroatoms. The van der Waals surface area contributed by atoms with Gasteiger partial charge in [0.1, 0.15) is 0 Å². The Kier molecular flexibility index (Phi) is 4.97. The predicted octanol–water partition coefficient (Wildman–Crippen LogP) is 5.13. The second-order valence-electron chi connectivity index (χ2n) is 8.81. The molecule has 4 rings (SSSR count). The van der Waals surface area contributed by atoms with Gasteiger partial charge in [-0.1, -0.05) is 50.2 Å². The molecular weight excluding hydrogens is 426 g/mol. The van der Waals surface area contributed by atoms with Crippen molar-refractivity contribution in [1.82, 2.24) is 5.32 Å². The lowest BCUT2D eigenvalue weighted by Crippen LogP contribution is -2.60. The first kappa shape index (κ1) is 22.1. The first-order chi connectivity index (χ1) is 14.8. The molecule has 0 fully saturated rings. The molecule has 3 aromatic rings. The maximum atomic E-state index is 14.1. The van der Waals surface area contributed by atoms with Gasteiger partial charge < -0.3 is 15.5 Å². The van der Waals surface area contributed by atoms with Gasteiger partial charge in [0.15, 0.2) is 17.2 Å². The highest BCUT2D eigenvalue weighted by molar-refractivity contribution is 5.98. The Bertz CT molecular complexity index is 1220. The number of hydrogen-bond acceptors (Lipinski definition) is 3. The molecule has 0 aliphatic heterocycles. The number of aliphatic hydroxyl groups is 1. The molecule has 4 nitrogen and oxygen atoms in total. The molecule has 3 aromatic carbocycles. The molecular formula is C24H21F4NO3. The fraction of sp³-hybridized carbons (Fsp3) is 0.292. The normalized spacial score (nSPS) is 22.4. The van der Waals surface area contributed by atoms with E-state index in [1.807, 2.05) is 12.1 Å². The largest absolute Gasteiger partial charge is 0.505 e. The highest BCUT2D eigenvalue weighted by Crippen LogP contribution is 2.55. The topological polar surface area (TPSA) is 69.6 Å². The van der Waals surface area contributed by atoms with Gasteiger partial charge in [0.25, 0.3) is 5.91 Å². The zero-order valence-corrected chi connectivity index (χ0v) is 17.3. The van der Waals surface area contributed by atoms with Crippen molar-refractivity contribution in [2.45, 2.75) is 43.5 Å². The summed E-state index contributed by atoms with van der Waals surface area (Å²) in [5.41, 5.74) is -4.91. The van der Waals surface area contributed by atoms with Crippen LogP contribution in [0.4, 0.5) is 17.6 Å². The van der Waals surface area contributed by atoms with E-state index in [2.05, 4.69) is 5.32 Å². The summed E-state index contributed by atoms with van der Waals surface area (Å²) < 4.78 is 56.4. The molecule has 0 heterocycles. The molecule has 0 radical (unpaired) electrons. The minimum absolute atomic E-state index is 0.0739. The lowest BCUT2D eigenvalue weighted by Gasteiger charge is -2.48. The summed E-state index contributed by atoms with van der Waals surface area (Å²) in [7, 11) is 0. The van der Waals surface area contributed by atoms with Crippen LogP contribution in [0.5, 0.6) is 5.75 Å². The van der Waals surface area contributed by atoms with Crippen molar-refractivity contribution in [3.63, 3.8) is 0 Å². The van der Waals surface area contributed by atoms with Gasteiger partial charge in [-0.3, -0.25) is 4.79 Å². The highest BCUT2D eigenvalue weighted by Gasteiger charge is 2.64. The molecule has 1 amide bonds. The van der Waals surface area contributed by atoms with Crippen LogP contribution in [0.25, 0.3) is 10.8 Å². The van der Waals surface area contributed by atoms with E-state index in [4.69, 9.17) is 0 Å². The minimum atomic E-state index is -5.10. The van der Waals surface area contributed by atoms with Gasteiger partial charge in [-0.25, -0.2) is 4.39 Å². The molecule has 0 saturated carbocycles. The minimum Gasteiger partial charge on any atom is -0.505 e. The van der Waals surface area contributed by atoms with E-state index < -0.39 is 47.1 Å². The lowest BCUT2D eigenvalue weighted by atomic mass is 9.63. The summed E-state index contributed by atoms with van der Waals surface area (Å²) in [6, 6.07) is 11.8. The molecule has 168 valence electrons. The van der Waals surface area contributed by atoms with Crippen molar-refractivity contribution in [3.8, 4) is 5.75 Å². The highest BCUT2D eigenvalue weighted by atomic mass is 19.4. The van der Waals surface area contributed by atoms with Gasteiger partial charge in [0.2, 0.25) is 0 Å². The van der Waals surface area contributed by atoms with Gasteiger partial charge in [0.05, 0.1) is 6.04 Å². The number of carbonyl (C=O) groups excluding carboxylic acids is 1. The number of nitrogens with one attached hydrogen (secondary N) is 1. The average Bonchev–Trinajstić information content (AvgIpc) is 2.71. The monoisotopic (exact) mass is 447 g/mol. The quantitative estimate of drug-likeness (QED) is 0.477. The summed E-state index contributed by atoms with van der Waals surface area (Å²) >= 11 is 0. The van der Waals surface area contributed by atoms with Gasteiger partial charge in [-0.05, 0) is 46.4 Å². The Morgan fingerprint density at radius 2 is 1.72 bits per heavy atom. The molecule has 0 aromatic heterocycles. The summed E-state index contributed by atoms with van der Waals surface area (Å²) in [4.78, 5) is 13.0. The van der Waals surface area contributed by atoms with E-state index in [0.717, 1.165) is 22.9 Å². The first-order valence-corrected chi connectivity index (χ1v) is 9.96. The Morgan fingerprint density at radius 1 is 1.06 bits per heavy atom. The number of benzene rings is 3. The van der Waals surface area contributed by atoms with Gasteiger partial charge in [0, 0.05) is 11.1 Å². The zero-order valence-electron chi connectivity index (χ0n) is 17.3. The second-order valence-corrected chi connectivity index (χ2v) is 8.81. The molecule has 1 aliphatic rings. The molecule has 2 atom stereocenters. The van der Waals surface area contributed by atoms with Crippen LogP contribution in [-0.2, 0) is 5.41 Å². The molecule has 0 saturated heterocycles. The smallest absolute Gasteiger partial charge is 0.419 e. The SMILES string of the molecule is CC1(C)C[C@@](O)(C(F)(F)F)[C@H](NC(=O)c2ccc3ccccc3c2)c2ccc(F)c(O)c21. The van der Waals surface area contributed by atoms with Crippen LogP contribution < -0.4 is 5.32 Å². The van der Waals surface area contributed by atoms with E-state index in [9.17, 15) is 32.6 Å². The summed E-state index contributed by atoms with van der Waals surface area (Å²) in [5, 5.41) is 25.0. The molecule has 0 spiro atoms. The van der Waals surface area contributed by atoms with Crippen molar-refractivity contribution in [2.75, 3.05) is 0 Å². The van der Waals surface area contributed by atoms with Crippen LogP contribution in [0.3, 0.4) is 0 Å². The van der Waals surface area contributed by atoms with Crippen LogP contribution in [0.1, 0.15) is 47.8 Å². The Hall–Kier alpha value is -3.13. The van der Waals surface area contributed by atoms with Gasteiger partial charge in [-0.2, -0.15) is 13.2 Å². The first-order valence-electron chi connectivity index (χ1n) is 9.96. The average molecular weight is 447 g/mol. The van der Waals surface area contributed by atoms with Crippen LogP contribution in [0, 0.1) is 5.82 Å². The maximum absolute atomic E-state index is 14.1. The van der Waals surface area contributed by atoms with Crippen LogP contribution >= 0.6 is 0 Å². The molecule has 32 heavy (non-hydrogen) atoms. The molecule has 0 bridgehead atoms. The molecule has 3 N–H and O–H groups in total. The lowest BCUT2D eigenvalue weighted by molar-refractivity contribution is -0.280. The van der Waals surface area contributed by atoms with Crippen molar-refractivity contribution in [3.05, 3.63) is 77.1 Å². The van der Waals surface area contributed by atoms with Crippen LogP contribution in [0.2, 0.25) is 0 Å². The van der Waals surface area contributed by atoms with E-state index >= 15 is 0 Å². The number of alkyl halides is 3. The summed E-state index contributed by atoms with van der Waals surface area (Å²) in [6.45, 7) is 2.76. The van der Waals surface area contributed by atoms with E-state index in [1.165, 1.54) is 26.0 Å². The number of fused-ring (bicyclic) bond motifs is 2. The number of halogens is 4. The zero-order chi connectivity index (χ0) is 23.5. The van der Waals surface area contributed by atoms with Gasteiger partial charge in [-0.15, -0.1) is 0 Å². The van der Waals surface area contributed by atoms with Crippen molar-refractivity contribution in [1.29, 1.82) is 0 Å². The Morgan fingerprint density at radius 3 is 2.38 bits per heavy atom. The predicted molar refractivity (Wildman–Crippen MR) is 111 cm³/mol. The van der Waals surface area contributed by atoms with Gasteiger partial charge >= 0.3 is 6.18 Å². The number of phenolic OH excluding ortho intramolecular Hbond substituents is 1. The Balaban J connectivity index is 1.83. The number of phenols is 1. The van der Waals surface area contributed by atoms with Crippen LogP contribution in [-0.4, -0.2) is 27.9 Å². The third-order valence-electron chi connectivity index (χ3n) is 6.12. The molecule has 1 aliphatic carbocycles. The van der Waals surface area contributed by atoms with Crippen molar-refractivity contribution in [2.24, 2.45) is 0 Å². The second kappa shape index (κ2) is 7.20. The third-order valence-corrected chi connectivity index (χ3v) is 6.12. The summed E-state index contributed by atoms with van der Waals surface area (Å²) in [5.74, 6) is -2.62. The van der Waals surface area contributed by atoms with E-state index in [0.29, 0.717) is 0 Å². The Labute approximate surface area is 181 Å². The number of aromatic hydroxyl groups is 1. The standard InChI is InChI=1S/C24H21F4NO3/c1-22(2)12-23(32,24(26,27)28)20(16-9-10-17(25)19(30)18(16)22)29-21(31)15-8-7-13-5-3-4-6-14(13)11-15/h3-11,20,30,32H,12H2,1-2H3,(H,29,31)/t20-,23+/m1/s1. The molecule has 0 unspecified atom stereocenters. The van der Waals surface area contributed by atoms with Crippen LogP contribution in [0.15, 0.2) is 54.6 Å². The number of hydrogen-bond donors (Lipinski definition) is 3. The third kappa shape index (κ3) is 3.39. The van der Waals surface area contributed by atoms with E-state index in [-0.39, 0.29) is 16.7 Å². The summed E-state index contributed by atoms with van der Waals surface area (Å²) in [6.07, 6.45) is -5.98. The number of rotatable bonds is 2. The van der Waals surface area contributed by atoms with Crippen molar-refractivity contribution >= 4 is 16.7 Å². The van der Waals surface area contributed by atoms with Crippen molar-refractivity contribution < 1.29 is 32.6 Å². The fourth-order valence-corrected chi connectivity index (χ4v) is 4.66.